The highest BCUT2D eigenvalue weighted by Crippen LogP contribution is 2.32. The highest BCUT2D eigenvalue weighted by atomic mass is 16.5. The van der Waals surface area contributed by atoms with Gasteiger partial charge in [-0.05, 0) is 74.9 Å². The number of aromatic nitrogens is 1. The second kappa shape index (κ2) is 8.07. The number of benzene rings is 1. The molecule has 1 aromatic carbocycles. The van der Waals surface area contributed by atoms with Crippen LogP contribution in [-0.2, 0) is 24.2 Å². The minimum atomic E-state index is -0.683. The van der Waals surface area contributed by atoms with Crippen LogP contribution in [0.4, 0.5) is 0 Å². The molecule has 6 nitrogen and oxygen atoms in total. The monoisotopic (exact) mass is 392 g/mol. The zero-order valence-corrected chi connectivity index (χ0v) is 16.7. The fourth-order valence-electron chi connectivity index (χ4n) is 3.83. The third-order valence-corrected chi connectivity index (χ3v) is 5.48. The fourth-order valence-corrected chi connectivity index (χ4v) is 3.83. The number of hydrogen-bond acceptors (Lipinski definition) is 5. The first-order valence-corrected chi connectivity index (χ1v) is 9.96. The number of fused-ring (bicyclic) bond motifs is 3. The van der Waals surface area contributed by atoms with E-state index < -0.39 is 6.10 Å². The number of ether oxygens (including phenoxy) is 1. The van der Waals surface area contributed by atoms with Crippen molar-refractivity contribution in [1.82, 2.24) is 10.3 Å². The summed E-state index contributed by atoms with van der Waals surface area (Å²) < 4.78 is 11.5. The van der Waals surface area contributed by atoms with E-state index in [1.807, 2.05) is 31.2 Å². The van der Waals surface area contributed by atoms with Gasteiger partial charge in [0.15, 0.2) is 6.10 Å². The zero-order chi connectivity index (χ0) is 20.4. The average Bonchev–Trinajstić information content (AvgIpc) is 2.75. The summed E-state index contributed by atoms with van der Waals surface area (Å²) in [6, 6.07) is 7.50. The molecule has 0 spiro atoms. The Labute approximate surface area is 168 Å². The van der Waals surface area contributed by atoms with Crippen LogP contribution in [0.2, 0.25) is 0 Å². The Morgan fingerprint density at radius 3 is 2.66 bits per heavy atom. The zero-order valence-electron chi connectivity index (χ0n) is 16.7. The highest BCUT2D eigenvalue weighted by molar-refractivity contribution is 5.86. The van der Waals surface area contributed by atoms with Gasteiger partial charge in [-0.3, -0.25) is 9.78 Å². The molecule has 0 bridgehead atoms. The van der Waals surface area contributed by atoms with Gasteiger partial charge in [-0.1, -0.05) is 0 Å². The Morgan fingerprint density at radius 2 is 1.90 bits per heavy atom. The molecule has 0 aliphatic heterocycles. The molecule has 6 heteroatoms. The molecular weight excluding hydrogens is 368 g/mol. The molecule has 0 radical (unpaired) electrons. The Balaban J connectivity index is 1.54. The maximum atomic E-state index is 12.4. The van der Waals surface area contributed by atoms with E-state index in [1.54, 1.807) is 19.3 Å². The first kappa shape index (κ1) is 19.2. The van der Waals surface area contributed by atoms with Crippen molar-refractivity contribution in [3.63, 3.8) is 0 Å². The third-order valence-electron chi connectivity index (χ3n) is 5.48. The van der Waals surface area contributed by atoms with Crippen molar-refractivity contribution in [3.8, 4) is 5.75 Å². The summed E-state index contributed by atoms with van der Waals surface area (Å²) in [7, 11) is 0. The van der Waals surface area contributed by atoms with Gasteiger partial charge in [0, 0.05) is 35.5 Å². The van der Waals surface area contributed by atoms with Crippen LogP contribution in [-0.4, -0.2) is 17.0 Å². The lowest BCUT2D eigenvalue weighted by molar-refractivity contribution is -0.127. The predicted molar refractivity (Wildman–Crippen MR) is 110 cm³/mol. The molecule has 3 aromatic rings. The van der Waals surface area contributed by atoms with E-state index >= 15 is 0 Å². The molecule has 1 atom stereocenters. The quantitative estimate of drug-likeness (QED) is 0.673. The van der Waals surface area contributed by atoms with Crippen LogP contribution in [0.1, 0.15) is 42.0 Å². The summed E-state index contributed by atoms with van der Waals surface area (Å²) in [4.78, 5) is 28.8. The average molecular weight is 392 g/mol. The van der Waals surface area contributed by atoms with Gasteiger partial charge in [-0.15, -0.1) is 0 Å². The van der Waals surface area contributed by atoms with E-state index in [0.29, 0.717) is 17.9 Å². The number of carbonyl (C=O) groups excluding carboxylic acids is 1. The van der Waals surface area contributed by atoms with Crippen LogP contribution in [0.5, 0.6) is 5.75 Å². The van der Waals surface area contributed by atoms with Crippen molar-refractivity contribution >= 4 is 16.9 Å². The lowest BCUT2D eigenvalue weighted by Gasteiger charge is -2.19. The number of nitrogens with one attached hydrogen (secondary N) is 1. The number of pyridine rings is 1. The van der Waals surface area contributed by atoms with Crippen molar-refractivity contribution in [2.75, 3.05) is 0 Å². The van der Waals surface area contributed by atoms with Gasteiger partial charge in [0.2, 0.25) is 0 Å². The first-order valence-electron chi connectivity index (χ1n) is 9.96. The Kier molecular flexibility index (Phi) is 5.34. The molecule has 2 heterocycles. The minimum Gasteiger partial charge on any atom is -0.480 e. The maximum absolute atomic E-state index is 12.4. The van der Waals surface area contributed by atoms with E-state index in [9.17, 15) is 9.59 Å². The number of rotatable bonds is 5. The van der Waals surface area contributed by atoms with E-state index in [-0.39, 0.29) is 11.5 Å². The van der Waals surface area contributed by atoms with Crippen molar-refractivity contribution < 1.29 is 13.9 Å². The summed E-state index contributed by atoms with van der Waals surface area (Å²) >= 11 is 0. The standard InChI is InChI=1S/C23H24N2O4/c1-14-20(28-15(2)22(26)25-13-16-9-11-24-12-10-16)8-7-18-17-5-3-4-6-19(17)23(27)29-21(14)18/h7-12,15H,3-6,13H2,1-2H3,(H,25,26)/t15-/m0/s1. The van der Waals surface area contributed by atoms with Crippen LogP contribution in [0.25, 0.3) is 11.0 Å². The van der Waals surface area contributed by atoms with Crippen molar-refractivity contribution in [1.29, 1.82) is 0 Å². The summed E-state index contributed by atoms with van der Waals surface area (Å²) in [5.74, 6) is 0.330. The smallest absolute Gasteiger partial charge is 0.339 e. The fraction of sp³-hybridized carbons (Fsp3) is 0.348. The summed E-state index contributed by atoms with van der Waals surface area (Å²) in [5, 5.41) is 3.83. The Morgan fingerprint density at radius 1 is 1.17 bits per heavy atom. The van der Waals surface area contributed by atoms with Gasteiger partial charge < -0.3 is 14.5 Å². The SMILES string of the molecule is Cc1c(O[C@@H](C)C(=O)NCc2ccncc2)ccc2c3c(c(=O)oc12)CCCC3. The highest BCUT2D eigenvalue weighted by Gasteiger charge is 2.21. The van der Waals surface area contributed by atoms with E-state index in [1.165, 1.54) is 0 Å². The molecule has 0 saturated carbocycles. The lowest BCUT2D eigenvalue weighted by Crippen LogP contribution is -2.36. The second-order valence-electron chi connectivity index (χ2n) is 7.45. The molecular formula is C23H24N2O4. The molecule has 4 rings (SSSR count). The third kappa shape index (κ3) is 3.88. The molecule has 1 amide bonds. The molecule has 2 aromatic heterocycles. The number of hydrogen-bond donors (Lipinski definition) is 1. The summed E-state index contributed by atoms with van der Waals surface area (Å²) in [6.45, 7) is 3.97. The van der Waals surface area contributed by atoms with Gasteiger partial charge in [-0.2, -0.15) is 0 Å². The van der Waals surface area contributed by atoms with Crippen LogP contribution >= 0.6 is 0 Å². The minimum absolute atomic E-state index is 0.215. The maximum Gasteiger partial charge on any atom is 0.339 e. The normalized spacial score (nSPS) is 14.3. The molecule has 0 fully saturated rings. The van der Waals surface area contributed by atoms with Gasteiger partial charge in [0.05, 0.1) is 0 Å². The van der Waals surface area contributed by atoms with Gasteiger partial charge in [0.25, 0.3) is 5.91 Å². The van der Waals surface area contributed by atoms with Gasteiger partial charge in [-0.25, -0.2) is 4.79 Å². The Bertz CT molecular complexity index is 1110. The second-order valence-corrected chi connectivity index (χ2v) is 7.45. The van der Waals surface area contributed by atoms with E-state index in [2.05, 4.69) is 10.3 Å². The summed E-state index contributed by atoms with van der Waals surface area (Å²) in [5.41, 5.74) is 3.91. The van der Waals surface area contributed by atoms with E-state index in [4.69, 9.17) is 9.15 Å². The predicted octanol–water partition coefficient (Wildman–Crippen LogP) is 3.46. The number of carbonyl (C=O) groups is 1. The molecule has 1 aliphatic rings. The van der Waals surface area contributed by atoms with Crippen LogP contribution in [0.3, 0.4) is 0 Å². The van der Waals surface area contributed by atoms with Gasteiger partial charge >= 0.3 is 5.63 Å². The number of nitrogens with zero attached hydrogens (tertiary/aromatic N) is 1. The lowest BCUT2D eigenvalue weighted by atomic mass is 9.90. The van der Waals surface area contributed by atoms with Crippen molar-refractivity contribution in [3.05, 3.63) is 69.3 Å². The molecule has 0 saturated heterocycles. The van der Waals surface area contributed by atoms with Crippen LogP contribution in [0.15, 0.2) is 45.9 Å². The van der Waals surface area contributed by atoms with Crippen LogP contribution in [0, 0.1) is 6.92 Å². The van der Waals surface area contributed by atoms with E-state index in [0.717, 1.165) is 53.3 Å². The molecule has 150 valence electrons. The topological polar surface area (TPSA) is 81.4 Å². The van der Waals surface area contributed by atoms with Crippen molar-refractivity contribution in [2.45, 2.75) is 52.2 Å². The molecule has 29 heavy (non-hydrogen) atoms. The summed E-state index contributed by atoms with van der Waals surface area (Å²) in [6.07, 6.45) is 6.47. The molecule has 0 unspecified atom stereocenters. The molecule has 1 aliphatic carbocycles. The van der Waals surface area contributed by atoms with Crippen LogP contribution < -0.4 is 15.7 Å². The first-order chi connectivity index (χ1) is 14.0. The van der Waals surface area contributed by atoms with Gasteiger partial charge in [0.1, 0.15) is 11.3 Å². The largest absolute Gasteiger partial charge is 0.480 e. The van der Waals surface area contributed by atoms with Crippen molar-refractivity contribution in [2.24, 2.45) is 0 Å². The number of amides is 1. The Hall–Kier alpha value is -3.15. The molecule has 1 N–H and O–H groups in total. The number of aryl methyl sites for hydroxylation is 2.